The van der Waals surface area contributed by atoms with Crippen LogP contribution in [0.5, 0.6) is 5.75 Å². The number of carbonyl (C=O) groups is 4. The first-order valence-electron chi connectivity index (χ1n) is 10.2. The van der Waals surface area contributed by atoms with Crippen LogP contribution in [0, 0.1) is 0 Å². The lowest BCUT2D eigenvalue weighted by Gasteiger charge is -2.04. The number of benzene rings is 1. The summed E-state index contributed by atoms with van der Waals surface area (Å²) in [5, 5.41) is 4.60. The molecule has 0 aliphatic carbocycles. The Morgan fingerprint density at radius 1 is 1.21 bits per heavy atom. The van der Waals surface area contributed by atoms with Crippen LogP contribution in [0.25, 0.3) is 6.08 Å². The number of carbonyl (C=O) groups excluding carboxylic acids is 4. The third kappa shape index (κ3) is 4.40. The van der Waals surface area contributed by atoms with Gasteiger partial charge in [-0.3, -0.25) is 24.7 Å². The normalized spacial score (nSPS) is 18.4. The highest BCUT2D eigenvalue weighted by Gasteiger charge is 2.34. The van der Waals surface area contributed by atoms with E-state index in [1.165, 1.54) is 13.1 Å². The Morgan fingerprint density at radius 2 is 2.00 bits per heavy atom. The molecule has 1 fully saturated rings. The number of urea groups is 1. The fourth-order valence-corrected chi connectivity index (χ4v) is 3.69. The summed E-state index contributed by atoms with van der Waals surface area (Å²) in [5.74, 6) is 1.12. The monoisotopic (exact) mass is 450 g/mol. The number of ketones is 1. The van der Waals surface area contributed by atoms with Crippen molar-refractivity contribution in [1.29, 1.82) is 0 Å². The zero-order valence-electron chi connectivity index (χ0n) is 18.3. The van der Waals surface area contributed by atoms with Gasteiger partial charge in [0.05, 0.1) is 12.8 Å². The SMILES string of the molecule is CC(=O)C1=NC=Cc2oc(C3NC(=O)NC3=O)cc2C1.COc1ccc2c(c1)C(=O)N(C)C2. The summed E-state index contributed by atoms with van der Waals surface area (Å²) in [6.07, 6.45) is 3.45. The minimum absolute atomic E-state index is 0.0777. The highest BCUT2D eigenvalue weighted by molar-refractivity contribution is 6.39. The lowest BCUT2D eigenvalue weighted by molar-refractivity contribution is -0.120. The van der Waals surface area contributed by atoms with Gasteiger partial charge < -0.3 is 19.4 Å². The molecule has 170 valence electrons. The molecule has 0 bridgehead atoms. The molecule has 3 aliphatic heterocycles. The molecule has 5 rings (SSSR count). The van der Waals surface area contributed by atoms with Crippen molar-refractivity contribution >= 4 is 35.4 Å². The smallest absolute Gasteiger partial charge is 0.322 e. The molecule has 1 saturated heterocycles. The summed E-state index contributed by atoms with van der Waals surface area (Å²) in [6, 6.07) is 5.90. The van der Waals surface area contributed by atoms with Crippen LogP contribution in [0.15, 0.2) is 39.9 Å². The van der Waals surface area contributed by atoms with Gasteiger partial charge in [-0.25, -0.2) is 4.79 Å². The van der Waals surface area contributed by atoms with Crippen LogP contribution in [-0.2, 0) is 22.6 Å². The van der Waals surface area contributed by atoms with Gasteiger partial charge in [-0.15, -0.1) is 0 Å². The number of methoxy groups -OCH3 is 1. The first-order valence-corrected chi connectivity index (χ1v) is 10.2. The van der Waals surface area contributed by atoms with Crippen LogP contribution in [0.4, 0.5) is 4.79 Å². The highest BCUT2D eigenvalue weighted by atomic mass is 16.5. The molecule has 0 spiro atoms. The average Bonchev–Trinajstić information content (AvgIpc) is 3.37. The van der Waals surface area contributed by atoms with Crippen molar-refractivity contribution in [3.63, 3.8) is 0 Å². The van der Waals surface area contributed by atoms with Crippen LogP contribution in [0.2, 0.25) is 0 Å². The van der Waals surface area contributed by atoms with Gasteiger partial charge in [0.2, 0.25) is 0 Å². The largest absolute Gasteiger partial charge is 0.497 e. The molecule has 3 aliphatic rings. The Labute approximate surface area is 189 Å². The number of Topliss-reactive ketones (excluding diaryl/α,β-unsaturated/α-hetero) is 1. The number of rotatable bonds is 3. The molecule has 10 nitrogen and oxygen atoms in total. The van der Waals surface area contributed by atoms with Crippen molar-refractivity contribution in [2.45, 2.75) is 25.9 Å². The quantitative estimate of drug-likeness (QED) is 0.688. The predicted molar refractivity (Wildman–Crippen MR) is 118 cm³/mol. The van der Waals surface area contributed by atoms with E-state index in [1.54, 1.807) is 37.3 Å². The van der Waals surface area contributed by atoms with Gasteiger partial charge in [-0.1, -0.05) is 6.07 Å². The minimum atomic E-state index is -0.833. The number of hydrogen-bond acceptors (Lipinski definition) is 7. The molecule has 0 saturated carbocycles. The summed E-state index contributed by atoms with van der Waals surface area (Å²) < 4.78 is 10.6. The topological polar surface area (TPSA) is 130 Å². The molecule has 2 N–H and O–H groups in total. The second-order valence-electron chi connectivity index (χ2n) is 7.74. The second kappa shape index (κ2) is 8.73. The van der Waals surface area contributed by atoms with Gasteiger partial charge in [0, 0.05) is 44.3 Å². The van der Waals surface area contributed by atoms with E-state index < -0.39 is 18.0 Å². The maximum atomic E-state index is 11.6. The second-order valence-corrected chi connectivity index (χ2v) is 7.74. The number of nitrogens with zero attached hydrogens (tertiary/aromatic N) is 2. The first-order chi connectivity index (χ1) is 15.8. The maximum absolute atomic E-state index is 11.6. The van der Waals surface area contributed by atoms with Gasteiger partial charge in [0.25, 0.3) is 11.8 Å². The molecule has 1 unspecified atom stereocenters. The van der Waals surface area contributed by atoms with Crippen LogP contribution < -0.4 is 15.4 Å². The third-order valence-electron chi connectivity index (χ3n) is 5.44. The molecule has 10 heteroatoms. The van der Waals surface area contributed by atoms with Crippen molar-refractivity contribution in [3.05, 3.63) is 58.7 Å². The minimum Gasteiger partial charge on any atom is -0.497 e. The molecule has 1 aromatic carbocycles. The molecule has 2 aromatic rings. The Bertz CT molecular complexity index is 1230. The van der Waals surface area contributed by atoms with Gasteiger partial charge in [0.15, 0.2) is 11.8 Å². The van der Waals surface area contributed by atoms with Crippen molar-refractivity contribution in [2.24, 2.45) is 4.99 Å². The Balaban J connectivity index is 0.000000172. The highest BCUT2D eigenvalue weighted by Crippen LogP contribution is 2.27. The van der Waals surface area contributed by atoms with Crippen LogP contribution in [-0.4, -0.2) is 48.4 Å². The lowest BCUT2D eigenvalue weighted by atomic mass is 10.1. The standard InChI is InChI=1S/C13H11N3O4.C10H11NO2/c1-6(17)8-4-7-5-10(20-9(7)2-3-14-8)11-12(18)16-13(19)15-11;1-11-6-7-3-4-8(13-2)5-9(7)10(11)12/h2-3,5,11H,4H2,1H3,(H2,15,16,18,19);3-5H,6H2,1-2H3. The number of fused-ring (bicyclic) bond motifs is 2. The number of nitrogens with one attached hydrogen (secondary N) is 2. The number of aliphatic imine (C=N–C) groups is 1. The fraction of sp³-hybridized carbons (Fsp3) is 0.261. The predicted octanol–water partition coefficient (Wildman–Crippen LogP) is 2.00. The molecule has 4 heterocycles. The average molecular weight is 450 g/mol. The maximum Gasteiger partial charge on any atom is 0.322 e. The summed E-state index contributed by atoms with van der Waals surface area (Å²) in [6.45, 7) is 2.15. The van der Waals surface area contributed by atoms with E-state index in [-0.39, 0.29) is 11.7 Å². The van der Waals surface area contributed by atoms with Gasteiger partial charge >= 0.3 is 6.03 Å². The Kier molecular flexibility index (Phi) is 5.82. The zero-order chi connectivity index (χ0) is 23.7. The van der Waals surface area contributed by atoms with Crippen molar-refractivity contribution in [2.75, 3.05) is 14.2 Å². The van der Waals surface area contributed by atoms with Crippen LogP contribution >= 0.6 is 0 Å². The molecule has 4 amide bonds. The molecule has 0 radical (unpaired) electrons. The first kappa shape index (κ1) is 22.0. The van der Waals surface area contributed by atoms with E-state index in [4.69, 9.17) is 9.15 Å². The molecule has 1 atom stereocenters. The van der Waals surface area contributed by atoms with E-state index in [2.05, 4.69) is 15.6 Å². The van der Waals surface area contributed by atoms with Crippen LogP contribution in [0.3, 0.4) is 0 Å². The van der Waals surface area contributed by atoms with E-state index in [0.29, 0.717) is 30.2 Å². The molecular formula is C23H22N4O6. The summed E-state index contributed by atoms with van der Waals surface area (Å²) in [4.78, 5) is 51.4. The number of furan rings is 1. The van der Waals surface area contributed by atoms with Crippen molar-refractivity contribution in [1.82, 2.24) is 15.5 Å². The molecular weight excluding hydrogens is 428 g/mol. The van der Waals surface area contributed by atoms with Gasteiger partial charge in [-0.05, 0) is 29.8 Å². The van der Waals surface area contributed by atoms with E-state index in [1.807, 2.05) is 12.1 Å². The summed E-state index contributed by atoms with van der Waals surface area (Å²) >= 11 is 0. The Morgan fingerprint density at radius 3 is 2.67 bits per heavy atom. The number of ether oxygens (including phenoxy) is 1. The lowest BCUT2D eigenvalue weighted by Crippen LogP contribution is -2.22. The van der Waals surface area contributed by atoms with E-state index in [0.717, 1.165) is 22.4 Å². The number of imide groups is 1. The summed E-state index contributed by atoms with van der Waals surface area (Å²) in [7, 11) is 3.40. The van der Waals surface area contributed by atoms with Crippen molar-refractivity contribution in [3.8, 4) is 5.75 Å². The number of hydrogen-bond donors (Lipinski definition) is 2. The van der Waals surface area contributed by atoms with Gasteiger partial charge in [0.1, 0.15) is 17.3 Å². The van der Waals surface area contributed by atoms with Crippen LogP contribution in [0.1, 0.15) is 46.0 Å². The zero-order valence-corrected chi connectivity index (χ0v) is 18.3. The van der Waals surface area contributed by atoms with Crippen molar-refractivity contribution < 1.29 is 28.3 Å². The third-order valence-corrected chi connectivity index (χ3v) is 5.44. The summed E-state index contributed by atoms with van der Waals surface area (Å²) in [5.41, 5.74) is 3.03. The van der Waals surface area contributed by atoms with Gasteiger partial charge in [-0.2, -0.15) is 0 Å². The fourth-order valence-electron chi connectivity index (χ4n) is 3.69. The van der Waals surface area contributed by atoms with E-state index in [9.17, 15) is 19.2 Å². The molecule has 33 heavy (non-hydrogen) atoms. The molecule has 1 aromatic heterocycles. The Hall–Kier alpha value is -4.21. The van der Waals surface area contributed by atoms with E-state index >= 15 is 0 Å². The number of amides is 4.